The molecule has 5 nitrogen and oxygen atoms in total. The van der Waals surface area contributed by atoms with E-state index in [-0.39, 0.29) is 17.6 Å². The highest BCUT2D eigenvalue weighted by Crippen LogP contribution is 2.37. The molecule has 3 rings (SSSR count). The van der Waals surface area contributed by atoms with Gasteiger partial charge in [-0.2, -0.15) is 0 Å². The summed E-state index contributed by atoms with van der Waals surface area (Å²) < 4.78 is 11.7. The molecule has 1 spiro atoms. The Morgan fingerprint density at radius 3 is 2.72 bits per heavy atom. The number of hydrogen-bond acceptors (Lipinski definition) is 4. The van der Waals surface area contributed by atoms with E-state index in [0.717, 1.165) is 44.6 Å². The van der Waals surface area contributed by atoms with Crippen molar-refractivity contribution in [1.82, 2.24) is 4.90 Å². The second kappa shape index (κ2) is 7.85. The Morgan fingerprint density at radius 2 is 2.12 bits per heavy atom. The van der Waals surface area contributed by atoms with Gasteiger partial charge in [0.05, 0.1) is 18.2 Å². The lowest BCUT2D eigenvalue weighted by molar-refractivity contribution is -0.145. The zero-order chi connectivity index (χ0) is 17.9. The van der Waals surface area contributed by atoms with Crippen molar-refractivity contribution in [2.45, 2.75) is 50.7 Å². The summed E-state index contributed by atoms with van der Waals surface area (Å²) in [5, 5.41) is 3.00. The molecule has 5 heteroatoms. The average Bonchev–Trinajstić information content (AvgIpc) is 3.06. The molecule has 2 heterocycles. The van der Waals surface area contributed by atoms with E-state index in [2.05, 4.69) is 36.2 Å². The highest BCUT2D eigenvalue weighted by Gasteiger charge is 2.46. The van der Waals surface area contributed by atoms with Crippen molar-refractivity contribution in [3.63, 3.8) is 0 Å². The van der Waals surface area contributed by atoms with Gasteiger partial charge in [0.1, 0.15) is 0 Å². The van der Waals surface area contributed by atoms with Gasteiger partial charge in [0.15, 0.2) is 0 Å². The molecule has 0 bridgehead atoms. The van der Waals surface area contributed by atoms with Gasteiger partial charge in [0, 0.05) is 32.5 Å². The molecule has 1 amide bonds. The highest BCUT2D eigenvalue weighted by atomic mass is 16.5. The number of piperidine rings is 1. The summed E-state index contributed by atoms with van der Waals surface area (Å²) in [4.78, 5) is 14.5. The molecule has 2 fully saturated rings. The number of carbonyl (C=O) groups is 1. The van der Waals surface area contributed by atoms with Crippen molar-refractivity contribution >= 4 is 11.6 Å². The van der Waals surface area contributed by atoms with Gasteiger partial charge < -0.3 is 14.8 Å². The predicted octanol–water partition coefficient (Wildman–Crippen LogP) is 3.02. The molecule has 2 aliphatic rings. The Morgan fingerprint density at radius 1 is 1.36 bits per heavy atom. The third-order valence-electron chi connectivity index (χ3n) is 5.51. The Labute approximate surface area is 150 Å². The van der Waals surface area contributed by atoms with Crippen molar-refractivity contribution in [3.05, 3.63) is 29.8 Å². The summed E-state index contributed by atoms with van der Waals surface area (Å²) in [6.45, 7) is 7.17. The molecule has 2 aliphatic heterocycles. The first kappa shape index (κ1) is 18.4. The van der Waals surface area contributed by atoms with Crippen LogP contribution in [-0.4, -0.2) is 55.9 Å². The van der Waals surface area contributed by atoms with Gasteiger partial charge in [-0.05, 0) is 42.9 Å². The van der Waals surface area contributed by atoms with E-state index >= 15 is 0 Å². The molecule has 1 N–H and O–H groups in total. The summed E-state index contributed by atoms with van der Waals surface area (Å²) in [5.74, 6) is 0.518. The first-order valence-corrected chi connectivity index (χ1v) is 9.31. The fourth-order valence-corrected chi connectivity index (χ4v) is 3.96. The quantitative estimate of drug-likeness (QED) is 0.890. The minimum atomic E-state index is -0.131. The van der Waals surface area contributed by atoms with Crippen LogP contribution in [-0.2, 0) is 14.3 Å². The summed E-state index contributed by atoms with van der Waals surface area (Å²) in [6.07, 6.45) is 3.14. The zero-order valence-electron chi connectivity index (χ0n) is 15.6. The largest absolute Gasteiger partial charge is 0.377 e. The molecule has 0 aliphatic carbocycles. The van der Waals surface area contributed by atoms with Gasteiger partial charge in [-0.3, -0.25) is 9.69 Å². The number of carbonyl (C=O) groups excluding carboxylic acids is 1. The van der Waals surface area contributed by atoms with Crippen LogP contribution in [0.2, 0.25) is 0 Å². The van der Waals surface area contributed by atoms with E-state index in [0.29, 0.717) is 12.5 Å². The van der Waals surface area contributed by atoms with Gasteiger partial charge in [-0.25, -0.2) is 0 Å². The Bertz CT molecular complexity index is 579. The number of nitrogens with zero attached hydrogens (tertiary/aromatic N) is 1. The van der Waals surface area contributed by atoms with E-state index < -0.39 is 0 Å². The van der Waals surface area contributed by atoms with Crippen molar-refractivity contribution in [3.8, 4) is 0 Å². The maximum Gasteiger partial charge on any atom is 0.238 e. The van der Waals surface area contributed by atoms with E-state index in [4.69, 9.17) is 9.47 Å². The van der Waals surface area contributed by atoms with E-state index in [9.17, 15) is 4.79 Å². The van der Waals surface area contributed by atoms with Crippen LogP contribution in [0.15, 0.2) is 24.3 Å². The first-order valence-electron chi connectivity index (χ1n) is 9.31. The van der Waals surface area contributed by atoms with Gasteiger partial charge in [0.2, 0.25) is 5.91 Å². The molecule has 2 saturated heterocycles. The number of rotatable bonds is 5. The number of likely N-dealkylation sites (tertiary alicyclic amines) is 1. The van der Waals surface area contributed by atoms with Crippen LogP contribution in [0.1, 0.15) is 44.6 Å². The van der Waals surface area contributed by atoms with Gasteiger partial charge in [-0.1, -0.05) is 26.0 Å². The molecule has 0 radical (unpaired) electrons. The zero-order valence-corrected chi connectivity index (χ0v) is 15.6. The molecule has 1 aromatic carbocycles. The number of nitrogens with one attached hydrogen (secondary N) is 1. The normalized spacial score (nSPS) is 27.1. The topological polar surface area (TPSA) is 50.8 Å². The Kier molecular flexibility index (Phi) is 5.77. The molecular formula is C20H30N2O3. The van der Waals surface area contributed by atoms with Gasteiger partial charge in [0.25, 0.3) is 0 Å². The summed E-state index contributed by atoms with van der Waals surface area (Å²) >= 11 is 0. The monoisotopic (exact) mass is 346 g/mol. The SMILES string of the molecule is CO[C@H]1CN(CC(=O)Nc2ccc(C(C)C)cc2)CC[C@]12CCCO2. The molecule has 0 unspecified atom stereocenters. The lowest BCUT2D eigenvalue weighted by atomic mass is 9.86. The maximum atomic E-state index is 12.4. The van der Waals surface area contributed by atoms with Crippen LogP contribution in [0.3, 0.4) is 0 Å². The van der Waals surface area contributed by atoms with Crippen LogP contribution in [0.4, 0.5) is 5.69 Å². The van der Waals surface area contributed by atoms with Crippen LogP contribution >= 0.6 is 0 Å². The second-order valence-corrected chi connectivity index (χ2v) is 7.55. The van der Waals surface area contributed by atoms with Crippen molar-refractivity contribution < 1.29 is 14.3 Å². The molecule has 25 heavy (non-hydrogen) atoms. The van der Waals surface area contributed by atoms with Crippen LogP contribution in [0, 0.1) is 0 Å². The number of benzene rings is 1. The molecule has 2 atom stereocenters. The summed E-state index contributed by atoms with van der Waals surface area (Å²) in [5.41, 5.74) is 2.00. The molecular weight excluding hydrogens is 316 g/mol. The number of anilines is 1. The van der Waals surface area contributed by atoms with E-state index in [1.807, 2.05) is 12.1 Å². The number of ether oxygens (including phenoxy) is 2. The summed E-state index contributed by atoms with van der Waals surface area (Å²) in [6, 6.07) is 8.10. The standard InChI is InChI=1S/C20H30N2O3/c1-15(2)16-5-7-17(8-6-16)21-19(23)14-22-11-10-20(9-4-12-25-20)18(13-22)24-3/h5-8,15,18H,4,9-14H2,1-3H3,(H,21,23)/t18-,20+/m0/s1. The van der Waals surface area contributed by atoms with Crippen LogP contribution in [0.5, 0.6) is 0 Å². The predicted molar refractivity (Wildman–Crippen MR) is 98.9 cm³/mol. The third-order valence-corrected chi connectivity index (χ3v) is 5.51. The van der Waals surface area contributed by atoms with E-state index in [1.165, 1.54) is 5.56 Å². The average molecular weight is 346 g/mol. The highest BCUT2D eigenvalue weighted by molar-refractivity contribution is 5.92. The Balaban J connectivity index is 1.53. The lowest BCUT2D eigenvalue weighted by Gasteiger charge is -2.44. The first-order chi connectivity index (χ1) is 12.0. The van der Waals surface area contributed by atoms with E-state index in [1.54, 1.807) is 7.11 Å². The van der Waals surface area contributed by atoms with Crippen LogP contribution in [0.25, 0.3) is 0 Å². The molecule has 0 saturated carbocycles. The minimum Gasteiger partial charge on any atom is -0.377 e. The van der Waals surface area contributed by atoms with Crippen molar-refractivity contribution in [2.75, 3.05) is 38.7 Å². The number of methoxy groups -OCH3 is 1. The molecule has 1 aromatic rings. The Hall–Kier alpha value is -1.43. The van der Waals surface area contributed by atoms with Gasteiger partial charge >= 0.3 is 0 Å². The fraction of sp³-hybridized carbons (Fsp3) is 0.650. The second-order valence-electron chi connectivity index (χ2n) is 7.55. The summed E-state index contributed by atoms with van der Waals surface area (Å²) in [7, 11) is 1.74. The minimum absolute atomic E-state index is 0.0236. The maximum absolute atomic E-state index is 12.4. The van der Waals surface area contributed by atoms with Crippen molar-refractivity contribution in [1.29, 1.82) is 0 Å². The number of amides is 1. The molecule has 0 aromatic heterocycles. The number of hydrogen-bond donors (Lipinski definition) is 1. The molecule has 138 valence electrons. The smallest absolute Gasteiger partial charge is 0.238 e. The van der Waals surface area contributed by atoms with Gasteiger partial charge in [-0.15, -0.1) is 0 Å². The third kappa shape index (κ3) is 4.22. The lowest BCUT2D eigenvalue weighted by Crippen LogP contribution is -2.57. The van der Waals surface area contributed by atoms with Crippen molar-refractivity contribution in [2.24, 2.45) is 0 Å². The fourth-order valence-electron chi connectivity index (χ4n) is 3.96. The van der Waals surface area contributed by atoms with Crippen LogP contribution < -0.4 is 5.32 Å².